The number of thioether (sulfide) groups is 1. The van der Waals surface area contributed by atoms with E-state index in [1.54, 1.807) is 17.8 Å². The minimum absolute atomic E-state index is 0.0434. The maximum Gasteiger partial charge on any atom is 0.137 e. The summed E-state index contributed by atoms with van der Waals surface area (Å²) in [5, 5.41) is 3.49. The lowest BCUT2D eigenvalue weighted by Gasteiger charge is -2.13. The third-order valence-electron chi connectivity index (χ3n) is 4.15. The second kappa shape index (κ2) is 6.27. The molecule has 2 saturated carbocycles. The van der Waals surface area contributed by atoms with Gasteiger partial charge in [-0.05, 0) is 43.2 Å². The van der Waals surface area contributed by atoms with E-state index in [9.17, 15) is 4.39 Å². The number of hydrogen-bond donors (Lipinski definition) is 1. The highest BCUT2D eigenvalue weighted by molar-refractivity contribution is 7.99. The molecule has 0 amide bonds. The molecule has 2 fully saturated rings. The Morgan fingerprint density at radius 1 is 1.16 bits per heavy atom. The summed E-state index contributed by atoms with van der Waals surface area (Å²) >= 11 is 1.73. The Balaban J connectivity index is 1.62. The van der Waals surface area contributed by atoms with Crippen molar-refractivity contribution in [1.82, 2.24) is 5.32 Å². The molecule has 3 heteroatoms. The molecule has 2 aliphatic carbocycles. The molecule has 0 aliphatic heterocycles. The molecule has 1 aromatic rings. The molecule has 0 heterocycles. The standard InChI is InChI=1S/C16H22FNS/c17-15-7-3-6-13(10-18-14-8-9-14)16(15)19-11-12-4-1-2-5-12/h3,6-7,12,14,18H,1-2,4-5,8-11H2. The normalized spacial score (nSPS) is 20.1. The second-order valence-electron chi connectivity index (χ2n) is 5.84. The zero-order valence-corrected chi connectivity index (χ0v) is 12.1. The van der Waals surface area contributed by atoms with Gasteiger partial charge in [0.1, 0.15) is 5.82 Å². The van der Waals surface area contributed by atoms with Crippen LogP contribution in [-0.2, 0) is 6.54 Å². The maximum atomic E-state index is 14.0. The van der Waals surface area contributed by atoms with E-state index >= 15 is 0 Å². The maximum absolute atomic E-state index is 14.0. The van der Waals surface area contributed by atoms with Crippen molar-refractivity contribution < 1.29 is 4.39 Å². The second-order valence-corrected chi connectivity index (χ2v) is 6.88. The van der Waals surface area contributed by atoms with E-state index < -0.39 is 0 Å². The first-order valence-corrected chi connectivity index (χ1v) is 8.45. The number of rotatable bonds is 6. The van der Waals surface area contributed by atoms with E-state index in [1.165, 1.54) is 38.5 Å². The first-order valence-electron chi connectivity index (χ1n) is 7.46. The quantitative estimate of drug-likeness (QED) is 0.776. The average molecular weight is 279 g/mol. The van der Waals surface area contributed by atoms with E-state index in [2.05, 4.69) is 11.4 Å². The van der Waals surface area contributed by atoms with Crippen LogP contribution >= 0.6 is 11.8 Å². The van der Waals surface area contributed by atoms with Crippen LogP contribution in [0.5, 0.6) is 0 Å². The molecule has 0 saturated heterocycles. The zero-order valence-electron chi connectivity index (χ0n) is 11.3. The van der Waals surface area contributed by atoms with Gasteiger partial charge in [0.15, 0.2) is 0 Å². The first-order chi connectivity index (χ1) is 9.33. The summed E-state index contributed by atoms with van der Waals surface area (Å²) in [6.45, 7) is 0.815. The summed E-state index contributed by atoms with van der Waals surface area (Å²) in [4.78, 5) is 0.877. The summed E-state index contributed by atoms with van der Waals surface area (Å²) < 4.78 is 14.0. The van der Waals surface area contributed by atoms with Gasteiger partial charge in [0.2, 0.25) is 0 Å². The van der Waals surface area contributed by atoms with Crippen molar-refractivity contribution in [3.8, 4) is 0 Å². The Morgan fingerprint density at radius 2 is 1.95 bits per heavy atom. The van der Waals surface area contributed by atoms with Crippen LogP contribution < -0.4 is 5.32 Å². The van der Waals surface area contributed by atoms with Crippen LogP contribution in [0.4, 0.5) is 4.39 Å². The smallest absolute Gasteiger partial charge is 0.137 e. The third-order valence-corrected chi connectivity index (χ3v) is 5.53. The molecule has 1 N–H and O–H groups in total. The lowest BCUT2D eigenvalue weighted by atomic mass is 10.1. The van der Waals surface area contributed by atoms with Crippen LogP contribution in [0.15, 0.2) is 23.1 Å². The van der Waals surface area contributed by atoms with Crippen LogP contribution in [0, 0.1) is 11.7 Å². The Bertz CT molecular complexity index is 425. The molecule has 0 radical (unpaired) electrons. The van der Waals surface area contributed by atoms with Crippen molar-refractivity contribution in [2.75, 3.05) is 5.75 Å². The molecule has 2 aliphatic rings. The number of nitrogens with one attached hydrogen (secondary N) is 1. The molecular formula is C16H22FNS. The summed E-state index contributed by atoms with van der Waals surface area (Å²) in [6, 6.07) is 6.17. The number of halogens is 1. The summed E-state index contributed by atoms with van der Waals surface area (Å²) in [5.41, 5.74) is 1.13. The van der Waals surface area contributed by atoms with E-state index in [-0.39, 0.29) is 5.82 Å². The minimum atomic E-state index is -0.0434. The van der Waals surface area contributed by atoms with E-state index in [4.69, 9.17) is 0 Å². The van der Waals surface area contributed by atoms with Gasteiger partial charge >= 0.3 is 0 Å². The fourth-order valence-corrected chi connectivity index (χ4v) is 4.04. The van der Waals surface area contributed by atoms with Gasteiger partial charge in [0.25, 0.3) is 0 Å². The molecule has 0 aromatic heterocycles. The highest BCUT2D eigenvalue weighted by Gasteiger charge is 2.21. The Labute approximate surface area is 119 Å². The van der Waals surface area contributed by atoms with Crippen molar-refractivity contribution in [1.29, 1.82) is 0 Å². The van der Waals surface area contributed by atoms with Gasteiger partial charge in [-0.3, -0.25) is 0 Å². The van der Waals surface area contributed by atoms with Crippen molar-refractivity contribution in [2.45, 2.75) is 56.0 Å². The molecule has 19 heavy (non-hydrogen) atoms. The van der Waals surface area contributed by atoms with Gasteiger partial charge in [-0.15, -0.1) is 11.8 Å². The average Bonchev–Trinajstić information content (AvgIpc) is 3.10. The van der Waals surface area contributed by atoms with Crippen molar-refractivity contribution in [2.24, 2.45) is 5.92 Å². The third kappa shape index (κ3) is 3.73. The first kappa shape index (κ1) is 13.4. The summed E-state index contributed by atoms with van der Waals surface area (Å²) in [7, 11) is 0. The van der Waals surface area contributed by atoms with E-state index in [1.807, 2.05) is 6.07 Å². The highest BCUT2D eigenvalue weighted by Crippen LogP contribution is 2.34. The van der Waals surface area contributed by atoms with Crippen LogP contribution in [0.3, 0.4) is 0 Å². The van der Waals surface area contributed by atoms with Gasteiger partial charge in [0.05, 0.1) is 0 Å². The van der Waals surface area contributed by atoms with Crippen LogP contribution in [0.1, 0.15) is 44.1 Å². The van der Waals surface area contributed by atoms with Crippen molar-refractivity contribution >= 4 is 11.8 Å². The predicted molar refractivity (Wildman–Crippen MR) is 78.9 cm³/mol. The summed E-state index contributed by atoms with van der Waals surface area (Å²) in [5.74, 6) is 1.84. The van der Waals surface area contributed by atoms with Crippen LogP contribution in [0.25, 0.3) is 0 Å². The molecule has 1 nitrogen and oxygen atoms in total. The van der Waals surface area contributed by atoms with Gasteiger partial charge in [-0.25, -0.2) is 4.39 Å². The molecule has 3 rings (SSSR count). The molecule has 104 valence electrons. The molecule has 0 spiro atoms. The molecular weight excluding hydrogens is 257 g/mol. The topological polar surface area (TPSA) is 12.0 Å². The predicted octanol–water partition coefficient (Wildman–Crippen LogP) is 4.36. The molecule has 0 unspecified atom stereocenters. The fourth-order valence-electron chi connectivity index (χ4n) is 2.77. The lowest BCUT2D eigenvalue weighted by Crippen LogP contribution is -2.16. The zero-order chi connectivity index (χ0) is 13.1. The SMILES string of the molecule is Fc1cccc(CNC2CC2)c1SCC1CCCC1. The van der Waals surface area contributed by atoms with Gasteiger partial charge in [-0.2, -0.15) is 0 Å². The fraction of sp³-hybridized carbons (Fsp3) is 0.625. The molecule has 0 bridgehead atoms. The largest absolute Gasteiger partial charge is 0.310 e. The lowest BCUT2D eigenvalue weighted by molar-refractivity contribution is 0.586. The van der Waals surface area contributed by atoms with Gasteiger partial charge in [-0.1, -0.05) is 25.0 Å². The summed E-state index contributed by atoms with van der Waals surface area (Å²) in [6.07, 6.45) is 7.94. The van der Waals surface area contributed by atoms with Crippen molar-refractivity contribution in [3.05, 3.63) is 29.6 Å². The van der Waals surface area contributed by atoms with Gasteiger partial charge < -0.3 is 5.32 Å². The van der Waals surface area contributed by atoms with Crippen LogP contribution in [0.2, 0.25) is 0 Å². The Morgan fingerprint density at radius 3 is 2.68 bits per heavy atom. The minimum Gasteiger partial charge on any atom is -0.310 e. The number of hydrogen-bond acceptors (Lipinski definition) is 2. The molecule has 0 atom stereocenters. The Hall–Kier alpha value is -0.540. The van der Waals surface area contributed by atoms with Crippen molar-refractivity contribution in [3.63, 3.8) is 0 Å². The van der Waals surface area contributed by atoms with Gasteiger partial charge in [0, 0.05) is 23.2 Å². The monoisotopic (exact) mass is 279 g/mol. The van der Waals surface area contributed by atoms with E-state index in [0.29, 0.717) is 6.04 Å². The number of benzene rings is 1. The Kier molecular flexibility index (Phi) is 4.44. The van der Waals surface area contributed by atoms with E-state index in [0.717, 1.165) is 28.7 Å². The highest BCUT2D eigenvalue weighted by atomic mass is 32.2. The molecule has 1 aromatic carbocycles. The van der Waals surface area contributed by atoms with Crippen LogP contribution in [-0.4, -0.2) is 11.8 Å².